The minimum Gasteiger partial charge on any atom is -0.465 e. The zero-order valence-electron chi connectivity index (χ0n) is 6.99. The Morgan fingerprint density at radius 1 is 1.69 bits per heavy atom. The van der Waals surface area contributed by atoms with Crippen LogP contribution in [0.15, 0.2) is 22.8 Å². The predicted molar refractivity (Wildman–Crippen MR) is 51.5 cm³/mol. The number of hydrogen-bond donors (Lipinski definition) is 2. The van der Waals surface area contributed by atoms with Gasteiger partial charge in [0.25, 0.3) is 0 Å². The van der Waals surface area contributed by atoms with Crippen molar-refractivity contribution >= 4 is 22.0 Å². The lowest BCUT2D eigenvalue weighted by molar-refractivity contribution is 0.190. The second-order valence-corrected chi connectivity index (χ2v) is 3.49. The molecule has 1 atom stereocenters. The molecule has 0 fully saturated rings. The lowest BCUT2D eigenvalue weighted by Crippen LogP contribution is -2.24. The first-order chi connectivity index (χ1) is 6.09. The van der Waals surface area contributed by atoms with Gasteiger partial charge in [0, 0.05) is 10.7 Å². The zero-order valence-corrected chi connectivity index (χ0v) is 8.58. The van der Waals surface area contributed by atoms with Crippen LogP contribution < -0.4 is 5.32 Å². The number of amides is 1. The lowest BCUT2D eigenvalue weighted by atomic mass is 10.2. The van der Waals surface area contributed by atoms with Crippen LogP contribution in [0.2, 0.25) is 0 Å². The molecule has 0 aliphatic heterocycles. The maximum absolute atomic E-state index is 10.3. The maximum atomic E-state index is 10.3. The number of pyridine rings is 1. The summed E-state index contributed by atoms with van der Waals surface area (Å²) < 4.78 is 0.874. The van der Waals surface area contributed by atoms with Gasteiger partial charge in [0.15, 0.2) is 0 Å². The molecule has 0 aliphatic carbocycles. The van der Waals surface area contributed by atoms with E-state index in [1.54, 1.807) is 19.2 Å². The highest BCUT2D eigenvalue weighted by atomic mass is 79.9. The SMILES string of the molecule is CC(NC(=O)O)c1ccc(Br)cn1. The van der Waals surface area contributed by atoms with Crippen molar-refractivity contribution in [1.82, 2.24) is 10.3 Å². The summed E-state index contributed by atoms with van der Waals surface area (Å²) in [6.45, 7) is 1.74. The number of carboxylic acid groups (broad SMARTS) is 1. The fourth-order valence-corrected chi connectivity index (χ4v) is 1.14. The molecular weight excluding hydrogens is 236 g/mol. The minimum absolute atomic E-state index is 0.286. The molecule has 70 valence electrons. The van der Waals surface area contributed by atoms with Crippen LogP contribution in [0.3, 0.4) is 0 Å². The topological polar surface area (TPSA) is 62.2 Å². The number of halogens is 1. The van der Waals surface area contributed by atoms with Gasteiger partial charge < -0.3 is 10.4 Å². The number of nitrogens with zero attached hydrogens (tertiary/aromatic N) is 1. The van der Waals surface area contributed by atoms with E-state index in [1.165, 1.54) is 0 Å². The van der Waals surface area contributed by atoms with E-state index in [-0.39, 0.29) is 6.04 Å². The van der Waals surface area contributed by atoms with Crippen LogP contribution in [0.4, 0.5) is 4.79 Å². The van der Waals surface area contributed by atoms with E-state index in [2.05, 4.69) is 26.2 Å². The second kappa shape index (κ2) is 4.23. The van der Waals surface area contributed by atoms with Gasteiger partial charge in [-0.3, -0.25) is 4.98 Å². The van der Waals surface area contributed by atoms with E-state index in [4.69, 9.17) is 5.11 Å². The molecule has 1 heterocycles. The Hall–Kier alpha value is -1.10. The zero-order chi connectivity index (χ0) is 9.84. The first-order valence-corrected chi connectivity index (χ1v) is 4.50. The molecule has 4 nitrogen and oxygen atoms in total. The van der Waals surface area contributed by atoms with Crippen molar-refractivity contribution in [2.75, 3.05) is 0 Å². The molecule has 1 aromatic rings. The Bertz CT molecular complexity index is 300. The summed E-state index contributed by atoms with van der Waals surface area (Å²) in [5.74, 6) is 0. The van der Waals surface area contributed by atoms with Crippen LogP contribution in [0.1, 0.15) is 18.7 Å². The van der Waals surface area contributed by atoms with E-state index in [1.807, 2.05) is 6.07 Å². The van der Waals surface area contributed by atoms with Gasteiger partial charge in [-0.1, -0.05) is 0 Å². The minimum atomic E-state index is -1.04. The second-order valence-electron chi connectivity index (χ2n) is 2.57. The van der Waals surface area contributed by atoms with Crippen LogP contribution in [0, 0.1) is 0 Å². The number of aromatic nitrogens is 1. The van der Waals surface area contributed by atoms with Gasteiger partial charge >= 0.3 is 6.09 Å². The highest BCUT2D eigenvalue weighted by molar-refractivity contribution is 9.10. The van der Waals surface area contributed by atoms with Crippen molar-refractivity contribution in [2.24, 2.45) is 0 Å². The standard InChI is InChI=1S/C8H9BrN2O2/c1-5(11-8(12)13)7-3-2-6(9)4-10-7/h2-5,11H,1H3,(H,12,13). The summed E-state index contributed by atoms with van der Waals surface area (Å²) in [6.07, 6.45) is 0.590. The Morgan fingerprint density at radius 2 is 2.38 bits per heavy atom. The van der Waals surface area contributed by atoms with Crippen LogP contribution >= 0.6 is 15.9 Å². The average Bonchev–Trinajstić information content (AvgIpc) is 2.04. The fourth-order valence-electron chi connectivity index (χ4n) is 0.903. The smallest absolute Gasteiger partial charge is 0.405 e. The van der Waals surface area contributed by atoms with Crippen LogP contribution in [0.25, 0.3) is 0 Å². The fraction of sp³-hybridized carbons (Fsp3) is 0.250. The molecule has 13 heavy (non-hydrogen) atoms. The lowest BCUT2D eigenvalue weighted by Gasteiger charge is -2.09. The summed E-state index contributed by atoms with van der Waals surface area (Å²) in [7, 11) is 0. The summed E-state index contributed by atoms with van der Waals surface area (Å²) >= 11 is 3.25. The molecule has 0 saturated heterocycles. The molecule has 1 rings (SSSR count). The first-order valence-electron chi connectivity index (χ1n) is 3.70. The number of nitrogens with one attached hydrogen (secondary N) is 1. The van der Waals surface area contributed by atoms with Gasteiger partial charge in [-0.25, -0.2) is 4.79 Å². The molecule has 0 saturated carbocycles. The normalized spacial score (nSPS) is 12.2. The van der Waals surface area contributed by atoms with E-state index >= 15 is 0 Å². The van der Waals surface area contributed by atoms with Gasteiger partial charge in [0.1, 0.15) is 0 Å². The van der Waals surface area contributed by atoms with Gasteiger partial charge in [0.05, 0.1) is 11.7 Å². The van der Waals surface area contributed by atoms with Gasteiger partial charge in [-0.2, -0.15) is 0 Å². The van der Waals surface area contributed by atoms with Crippen molar-refractivity contribution in [3.8, 4) is 0 Å². The van der Waals surface area contributed by atoms with E-state index in [0.717, 1.165) is 4.47 Å². The van der Waals surface area contributed by atoms with E-state index in [9.17, 15) is 4.79 Å². The Balaban J connectivity index is 2.71. The first kappa shape index (κ1) is 9.98. The quantitative estimate of drug-likeness (QED) is 0.839. The van der Waals surface area contributed by atoms with Crippen LogP contribution in [0.5, 0.6) is 0 Å². The van der Waals surface area contributed by atoms with Gasteiger partial charge in [0.2, 0.25) is 0 Å². The highest BCUT2D eigenvalue weighted by Crippen LogP contribution is 2.12. The van der Waals surface area contributed by atoms with Crippen LogP contribution in [-0.4, -0.2) is 16.2 Å². The molecule has 0 radical (unpaired) electrons. The Kier molecular flexibility index (Phi) is 3.25. The molecule has 5 heteroatoms. The number of rotatable bonds is 2. The third-order valence-electron chi connectivity index (χ3n) is 1.53. The van der Waals surface area contributed by atoms with Crippen molar-refractivity contribution in [2.45, 2.75) is 13.0 Å². The largest absolute Gasteiger partial charge is 0.465 e. The van der Waals surface area contributed by atoms with Crippen molar-refractivity contribution in [1.29, 1.82) is 0 Å². The Labute approximate surface area is 84.1 Å². The molecular formula is C8H9BrN2O2. The van der Waals surface area contributed by atoms with Crippen LogP contribution in [-0.2, 0) is 0 Å². The van der Waals surface area contributed by atoms with Crippen molar-refractivity contribution < 1.29 is 9.90 Å². The summed E-state index contributed by atoms with van der Waals surface area (Å²) in [6, 6.07) is 3.30. The molecule has 0 aromatic carbocycles. The number of carbonyl (C=O) groups is 1. The summed E-state index contributed by atoms with van der Waals surface area (Å²) in [5.41, 5.74) is 0.700. The number of hydrogen-bond acceptors (Lipinski definition) is 2. The van der Waals surface area contributed by atoms with E-state index in [0.29, 0.717) is 5.69 Å². The van der Waals surface area contributed by atoms with E-state index < -0.39 is 6.09 Å². The monoisotopic (exact) mass is 244 g/mol. The maximum Gasteiger partial charge on any atom is 0.405 e. The molecule has 2 N–H and O–H groups in total. The highest BCUT2D eigenvalue weighted by Gasteiger charge is 2.08. The summed E-state index contributed by atoms with van der Waals surface area (Å²) in [4.78, 5) is 14.4. The third-order valence-corrected chi connectivity index (χ3v) is 2.00. The van der Waals surface area contributed by atoms with Crippen molar-refractivity contribution in [3.63, 3.8) is 0 Å². The third kappa shape index (κ3) is 3.02. The molecule has 1 aromatic heterocycles. The van der Waals surface area contributed by atoms with Gasteiger partial charge in [-0.05, 0) is 35.0 Å². The molecule has 1 amide bonds. The predicted octanol–water partition coefficient (Wildman–Crippen LogP) is 2.17. The summed E-state index contributed by atoms with van der Waals surface area (Å²) in [5, 5.41) is 10.8. The molecule has 1 unspecified atom stereocenters. The Morgan fingerprint density at radius 3 is 2.85 bits per heavy atom. The van der Waals surface area contributed by atoms with Crippen molar-refractivity contribution in [3.05, 3.63) is 28.5 Å². The van der Waals surface area contributed by atoms with Gasteiger partial charge in [-0.15, -0.1) is 0 Å². The molecule has 0 bridgehead atoms. The molecule has 0 spiro atoms. The average molecular weight is 245 g/mol. The molecule has 0 aliphatic rings.